The monoisotopic (exact) mass is 285 g/mol. The molecule has 0 radical (unpaired) electrons. The Morgan fingerprint density at radius 3 is 3.00 bits per heavy atom. The Morgan fingerprint density at radius 2 is 2.19 bits per heavy atom. The standard InChI is InChI=1S/C15H15N3O3/c19-14-9-18(13(7-17-14)15(20)21)8-10-5-6-16-12-4-2-1-3-11(10)12/h1-6,13H,7-9H2,(H,17,19)(H,20,21). The second kappa shape index (κ2) is 5.49. The number of nitrogens with zero attached hydrogens (tertiary/aromatic N) is 2. The highest BCUT2D eigenvalue weighted by atomic mass is 16.4. The van der Waals surface area contributed by atoms with Gasteiger partial charge in [0.15, 0.2) is 0 Å². The molecule has 1 amide bonds. The Hall–Kier alpha value is -2.47. The van der Waals surface area contributed by atoms with Crippen LogP contribution < -0.4 is 5.32 Å². The van der Waals surface area contributed by atoms with Crippen molar-refractivity contribution in [2.24, 2.45) is 0 Å². The van der Waals surface area contributed by atoms with Crippen LogP contribution in [0.3, 0.4) is 0 Å². The van der Waals surface area contributed by atoms with Crippen LogP contribution in [0, 0.1) is 0 Å². The Bertz CT molecular complexity index is 696. The molecule has 0 spiro atoms. The predicted molar refractivity (Wildman–Crippen MR) is 76.6 cm³/mol. The number of piperazine rings is 1. The number of hydrogen-bond donors (Lipinski definition) is 2. The molecule has 1 aliphatic heterocycles. The molecule has 6 nitrogen and oxygen atoms in total. The van der Waals surface area contributed by atoms with E-state index in [4.69, 9.17) is 0 Å². The first-order chi connectivity index (χ1) is 10.1. The minimum absolute atomic E-state index is 0.0909. The lowest BCUT2D eigenvalue weighted by atomic mass is 10.1. The van der Waals surface area contributed by atoms with E-state index in [0.717, 1.165) is 16.5 Å². The van der Waals surface area contributed by atoms with E-state index in [1.54, 1.807) is 11.1 Å². The maximum absolute atomic E-state index is 11.5. The van der Waals surface area contributed by atoms with Gasteiger partial charge in [-0.1, -0.05) is 18.2 Å². The number of pyridine rings is 1. The summed E-state index contributed by atoms with van der Waals surface area (Å²) in [6.45, 7) is 0.637. The van der Waals surface area contributed by atoms with E-state index in [-0.39, 0.29) is 19.0 Å². The van der Waals surface area contributed by atoms with Gasteiger partial charge in [-0.05, 0) is 17.7 Å². The molecule has 6 heteroatoms. The summed E-state index contributed by atoms with van der Waals surface area (Å²) in [6.07, 6.45) is 1.71. The third kappa shape index (κ3) is 2.71. The lowest BCUT2D eigenvalue weighted by molar-refractivity contribution is -0.146. The van der Waals surface area contributed by atoms with Crippen LogP contribution in [-0.4, -0.2) is 46.0 Å². The molecular weight excluding hydrogens is 270 g/mol. The maximum Gasteiger partial charge on any atom is 0.322 e. The SMILES string of the molecule is O=C1CN(Cc2ccnc3ccccc23)C(C(=O)O)CN1. The van der Waals surface area contributed by atoms with Crippen molar-refractivity contribution in [1.29, 1.82) is 0 Å². The molecular formula is C15H15N3O3. The van der Waals surface area contributed by atoms with Gasteiger partial charge < -0.3 is 10.4 Å². The van der Waals surface area contributed by atoms with Crippen molar-refractivity contribution < 1.29 is 14.7 Å². The van der Waals surface area contributed by atoms with Crippen molar-refractivity contribution in [2.45, 2.75) is 12.6 Å². The average Bonchev–Trinajstić information content (AvgIpc) is 2.47. The number of amides is 1. The molecule has 108 valence electrons. The zero-order valence-corrected chi connectivity index (χ0v) is 11.3. The topological polar surface area (TPSA) is 82.5 Å². The van der Waals surface area contributed by atoms with E-state index in [2.05, 4.69) is 10.3 Å². The number of carbonyl (C=O) groups excluding carboxylic acids is 1. The van der Waals surface area contributed by atoms with Gasteiger partial charge in [0.25, 0.3) is 0 Å². The third-order valence-corrected chi connectivity index (χ3v) is 3.68. The van der Waals surface area contributed by atoms with Gasteiger partial charge in [0.2, 0.25) is 5.91 Å². The number of nitrogens with one attached hydrogen (secondary N) is 1. The first-order valence-electron chi connectivity index (χ1n) is 6.71. The van der Waals surface area contributed by atoms with Crippen LogP contribution in [0.5, 0.6) is 0 Å². The van der Waals surface area contributed by atoms with Crippen LogP contribution in [0.2, 0.25) is 0 Å². The Balaban J connectivity index is 1.92. The molecule has 1 aromatic carbocycles. The van der Waals surface area contributed by atoms with E-state index in [9.17, 15) is 14.7 Å². The molecule has 21 heavy (non-hydrogen) atoms. The molecule has 0 saturated carbocycles. The zero-order valence-electron chi connectivity index (χ0n) is 11.3. The molecule has 2 aromatic rings. The quantitative estimate of drug-likeness (QED) is 0.864. The Kier molecular flexibility index (Phi) is 3.53. The highest BCUT2D eigenvalue weighted by Crippen LogP contribution is 2.19. The summed E-state index contributed by atoms with van der Waals surface area (Å²) in [5.41, 5.74) is 1.84. The highest BCUT2D eigenvalue weighted by molar-refractivity contribution is 5.84. The second-order valence-corrected chi connectivity index (χ2v) is 5.05. The largest absolute Gasteiger partial charge is 0.480 e. The minimum Gasteiger partial charge on any atom is -0.480 e. The fourth-order valence-electron chi connectivity index (χ4n) is 2.61. The van der Waals surface area contributed by atoms with Gasteiger partial charge in [0.05, 0.1) is 12.1 Å². The van der Waals surface area contributed by atoms with Crippen LogP contribution in [0.4, 0.5) is 0 Å². The summed E-state index contributed by atoms with van der Waals surface area (Å²) in [5.74, 6) is -1.07. The number of benzene rings is 1. The molecule has 0 bridgehead atoms. The lowest BCUT2D eigenvalue weighted by Gasteiger charge is -2.32. The smallest absolute Gasteiger partial charge is 0.322 e. The van der Waals surface area contributed by atoms with Gasteiger partial charge >= 0.3 is 5.97 Å². The van der Waals surface area contributed by atoms with Gasteiger partial charge in [0, 0.05) is 24.7 Å². The van der Waals surface area contributed by atoms with Gasteiger partial charge in [-0.15, -0.1) is 0 Å². The molecule has 1 aliphatic rings. The van der Waals surface area contributed by atoms with Crippen LogP contribution in [-0.2, 0) is 16.1 Å². The maximum atomic E-state index is 11.5. The number of fused-ring (bicyclic) bond motifs is 1. The number of rotatable bonds is 3. The number of hydrogen-bond acceptors (Lipinski definition) is 4. The van der Waals surface area contributed by atoms with Crippen LogP contribution in [0.15, 0.2) is 36.5 Å². The molecule has 1 saturated heterocycles. The zero-order chi connectivity index (χ0) is 14.8. The van der Waals surface area contributed by atoms with Crippen molar-refractivity contribution in [1.82, 2.24) is 15.2 Å². The number of carboxylic acids is 1. The molecule has 1 unspecified atom stereocenters. The Labute approximate surface area is 121 Å². The minimum atomic E-state index is -0.923. The number of carbonyl (C=O) groups is 2. The molecule has 2 N–H and O–H groups in total. The van der Waals surface area contributed by atoms with Crippen molar-refractivity contribution >= 4 is 22.8 Å². The summed E-state index contributed by atoms with van der Waals surface area (Å²) in [7, 11) is 0. The number of aliphatic carboxylic acids is 1. The summed E-state index contributed by atoms with van der Waals surface area (Å²) < 4.78 is 0. The van der Waals surface area contributed by atoms with E-state index < -0.39 is 12.0 Å². The average molecular weight is 285 g/mol. The van der Waals surface area contributed by atoms with Crippen molar-refractivity contribution in [2.75, 3.05) is 13.1 Å². The van der Waals surface area contributed by atoms with Crippen molar-refractivity contribution in [3.63, 3.8) is 0 Å². The number of aromatic nitrogens is 1. The van der Waals surface area contributed by atoms with Crippen LogP contribution in [0.1, 0.15) is 5.56 Å². The van der Waals surface area contributed by atoms with Crippen LogP contribution >= 0.6 is 0 Å². The number of carboxylic acid groups (broad SMARTS) is 1. The lowest BCUT2D eigenvalue weighted by Crippen LogP contribution is -2.56. The first-order valence-corrected chi connectivity index (χ1v) is 6.71. The first kappa shape index (κ1) is 13.5. The normalized spacial score (nSPS) is 19.4. The van der Waals surface area contributed by atoms with E-state index >= 15 is 0 Å². The summed E-state index contributed by atoms with van der Waals surface area (Å²) in [6, 6.07) is 8.87. The molecule has 1 fully saturated rings. The molecule has 2 heterocycles. The summed E-state index contributed by atoms with van der Waals surface area (Å²) >= 11 is 0. The second-order valence-electron chi connectivity index (χ2n) is 5.05. The third-order valence-electron chi connectivity index (χ3n) is 3.68. The van der Waals surface area contributed by atoms with Crippen molar-refractivity contribution in [3.8, 4) is 0 Å². The molecule has 1 aromatic heterocycles. The van der Waals surface area contributed by atoms with Crippen molar-refractivity contribution in [3.05, 3.63) is 42.1 Å². The van der Waals surface area contributed by atoms with Gasteiger partial charge in [-0.2, -0.15) is 0 Å². The fourth-order valence-corrected chi connectivity index (χ4v) is 2.61. The van der Waals surface area contributed by atoms with E-state index in [1.807, 2.05) is 30.3 Å². The Morgan fingerprint density at radius 1 is 1.38 bits per heavy atom. The molecule has 0 aliphatic carbocycles. The summed E-state index contributed by atoms with van der Waals surface area (Å²) in [4.78, 5) is 28.8. The van der Waals surface area contributed by atoms with Gasteiger partial charge in [-0.25, -0.2) is 0 Å². The number of para-hydroxylation sites is 1. The van der Waals surface area contributed by atoms with Gasteiger partial charge in [0.1, 0.15) is 6.04 Å². The van der Waals surface area contributed by atoms with E-state index in [0.29, 0.717) is 6.54 Å². The van der Waals surface area contributed by atoms with E-state index in [1.165, 1.54) is 0 Å². The highest BCUT2D eigenvalue weighted by Gasteiger charge is 2.31. The van der Waals surface area contributed by atoms with Crippen LogP contribution in [0.25, 0.3) is 10.9 Å². The fraction of sp³-hybridized carbons (Fsp3) is 0.267. The summed E-state index contributed by atoms with van der Waals surface area (Å²) in [5, 5.41) is 12.9. The molecule has 1 atom stereocenters. The van der Waals surface area contributed by atoms with Gasteiger partial charge in [-0.3, -0.25) is 19.5 Å². The molecule has 3 rings (SSSR count). The predicted octanol–water partition coefficient (Wildman–Crippen LogP) is 0.620.